The average molecular weight is 402 g/mol. The first-order valence-corrected chi connectivity index (χ1v) is 9.66. The maximum Gasteiger partial charge on any atom is 0.408 e. The number of benzene rings is 1. The number of carboxylic acid groups (broad SMARTS) is 1. The molecule has 0 fully saturated rings. The van der Waals surface area contributed by atoms with E-state index in [1.807, 2.05) is 63.2 Å². The van der Waals surface area contributed by atoms with E-state index in [1.165, 1.54) is 4.90 Å². The van der Waals surface area contributed by atoms with E-state index < -0.39 is 23.8 Å². The Balaban J connectivity index is 2.12. The van der Waals surface area contributed by atoms with Crippen molar-refractivity contribution in [2.24, 2.45) is 0 Å². The van der Waals surface area contributed by atoms with Gasteiger partial charge >= 0.3 is 6.09 Å². The molecule has 2 rings (SSSR count). The highest BCUT2D eigenvalue weighted by molar-refractivity contribution is 5.66. The van der Waals surface area contributed by atoms with E-state index in [1.54, 1.807) is 13.3 Å². The summed E-state index contributed by atoms with van der Waals surface area (Å²) in [5.41, 5.74) is 1.09. The van der Waals surface area contributed by atoms with E-state index in [0.717, 1.165) is 17.0 Å². The molecule has 2 aromatic rings. The highest BCUT2D eigenvalue weighted by Gasteiger charge is 2.37. The van der Waals surface area contributed by atoms with Crippen LogP contribution in [0.5, 0.6) is 5.75 Å². The van der Waals surface area contributed by atoms with Gasteiger partial charge in [-0.1, -0.05) is 18.2 Å². The number of rotatable bonds is 9. The van der Waals surface area contributed by atoms with Crippen molar-refractivity contribution < 1.29 is 19.7 Å². The lowest BCUT2D eigenvalue weighted by molar-refractivity contribution is 0.00735. The van der Waals surface area contributed by atoms with Gasteiger partial charge in [-0.2, -0.15) is 0 Å². The van der Waals surface area contributed by atoms with Gasteiger partial charge < -0.3 is 20.3 Å². The number of aliphatic hydroxyl groups excluding tert-OH is 1. The normalized spacial score (nSPS) is 13.6. The van der Waals surface area contributed by atoms with Gasteiger partial charge in [0.05, 0.1) is 19.3 Å². The van der Waals surface area contributed by atoms with E-state index in [0.29, 0.717) is 13.0 Å². The highest BCUT2D eigenvalue weighted by Crippen LogP contribution is 2.22. The highest BCUT2D eigenvalue weighted by atomic mass is 16.5. The molecule has 7 nitrogen and oxygen atoms in total. The molecule has 0 bridgehead atoms. The summed E-state index contributed by atoms with van der Waals surface area (Å²) in [7, 11) is 1.62. The van der Waals surface area contributed by atoms with Crippen molar-refractivity contribution >= 4 is 6.09 Å². The summed E-state index contributed by atoms with van der Waals surface area (Å²) >= 11 is 0. The molecular weight excluding hydrogens is 370 g/mol. The molecule has 1 aromatic heterocycles. The molecule has 158 valence electrons. The number of carbonyl (C=O) groups is 1. The first-order chi connectivity index (χ1) is 13.7. The number of pyridine rings is 1. The predicted octanol–water partition coefficient (Wildman–Crippen LogP) is 2.93. The van der Waals surface area contributed by atoms with Gasteiger partial charge in [0.1, 0.15) is 5.75 Å². The van der Waals surface area contributed by atoms with Gasteiger partial charge in [-0.3, -0.25) is 9.88 Å². The number of methoxy groups -OCH3 is 1. The molecule has 0 aliphatic carbocycles. The van der Waals surface area contributed by atoms with Crippen LogP contribution in [0.15, 0.2) is 48.7 Å². The fraction of sp³-hybridized carbons (Fsp3) is 0.455. The molecule has 0 saturated heterocycles. The molecule has 7 heteroatoms. The molecule has 0 saturated carbocycles. The molecule has 0 radical (unpaired) electrons. The van der Waals surface area contributed by atoms with Crippen LogP contribution in [0, 0.1) is 0 Å². The van der Waals surface area contributed by atoms with E-state index >= 15 is 0 Å². The Morgan fingerprint density at radius 3 is 2.59 bits per heavy atom. The minimum Gasteiger partial charge on any atom is -0.497 e. The zero-order valence-electron chi connectivity index (χ0n) is 17.5. The van der Waals surface area contributed by atoms with Crippen molar-refractivity contribution in [3.63, 3.8) is 0 Å². The van der Waals surface area contributed by atoms with Gasteiger partial charge in [0.2, 0.25) is 0 Å². The molecule has 1 amide bonds. The number of aromatic nitrogens is 1. The Labute approximate surface area is 172 Å². The summed E-state index contributed by atoms with van der Waals surface area (Å²) in [4.78, 5) is 17.6. The summed E-state index contributed by atoms with van der Waals surface area (Å²) in [6.07, 6.45) is 0.0252. The number of hydrogen-bond donors (Lipinski definition) is 3. The summed E-state index contributed by atoms with van der Waals surface area (Å²) in [6, 6.07) is 12.5. The number of amides is 1. The molecule has 1 heterocycles. The number of aliphatic hydroxyl groups is 1. The zero-order valence-corrected chi connectivity index (χ0v) is 17.5. The van der Waals surface area contributed by atoms with Crippen LogP contribution in [0.3, 0.4) is 0 Å². The number of ether oxygens (including phenoxy) is 1. The largest absolute Gasteiger partial charge is 0.497 e. The smallest absolute Gasteiger partial charge is 0.408 e. The number of hydrogen-bond acceptors (Lipinski definition) is 5. The van der Waals surface area contributed by atoms with Crippen LogP contribution >= 0.6 is 0 Å². The van der Waals surface area contributed by atoms with Gasteiger partial charge in [0.25, 0.3) is 0 Å². The van der Waals surface area contributed by atoms with Crippen molar-refractivity contribution in [1.82, 2.24) is 15.2 Å². The van der Waals surface area contributed by atoms with E-state index in [4.69, 9.17) is 4.74 Å². The SMILES string of the molecule is COc1cccc(CNC[C@@H](O)[C@H](Cc2ccccn2)N(C(=O)O)C(C)(C)C)c1. The fourth-order valence-corrected chi connectivity index (χ4v) is 3.34. The van der Waals surface area contributed by atoms with Crippen LogP contribution in [0.4, 0.5) is 4.79 Å². The first-order valence-electron chi connectivity index (χ1n) is 9.66. The second kappa shape index (κ2) is 10.2. The second-order valence-corrected chi connectivity index (χ2v) is 7.97. The van der Waals surface area contributed by atoms with Crippen LogP contribution in [0.2, 0.25) is 0 Å². The Hall–Kier alpha value is -2.64. The summed E-state index contributed by atoms with van der Waals surface area (Å²) in [6.45, 7) is 6.25. The number of nitrogens with zero attached hydrogens (tertiary/aromatic N) is 2. The summed E-state index contributed by atoms with van der Waals surface area (Å²) in [5, 5.41) is 24.0. The topological polar surface area (TPSA) is 94.9 Å². The molecule has 1 aromatic carbocycles. The molecule has 0 aliphatic rings. The third-order valence-electron chi connectivity index (χ3n) is 4.67. The zero-order chi connectivity index (χ0) is 21.4. The van der Waals surface area contributed by atoms with Crippen molar-refractivity contribution in [3.05, 3.63) is 59.9 Å². The molecule has 2 atom stereocenters. The quantitative estimate of drug-likeness (QED) is 0.598. The van der Waals surface area contributed by atoms with Crippen LogP contribution in [0.25, 0.3) is 0 Å². The Morgan fingerprint density at radius 1 is 1.24 bits per heavy atom. The van der Waals surface area contributed by atoms with Crippen LogP contribution in [-0.2, 0) is 13.0 Å². The minimum atomic E-state index is -1.06. The Kier molecular flexibility index (Phi) is 7.99. The van der Waals surface area contributed by atoms with Gasteiger partial charge in [-0.05, 0) is 50.6 Å². The summed E-state index contributed by atoms with van der Waals surface area (Å²) < 4.78 is 5.23. The van der Waals surface area contributed by atoms with Crippen molar-refractivity contribution in [3.8, 4) is 5.75 Å². The standard InChI is InChI=1S/C22H31N3O4/c1-22(2,3)25(21(27)28)19(13-17-9-5-6-11-24-17)20(26)15-23-14-16-8-7-10-18(12-16)29-4/h5-12,19-20,23,26H,13-15H2,1-4H3,(H,27,28)/t19-,20+/m0/s1. The minimum absolute atomic E-state index is 0.245. The lowest BCUT2D eigenvalue weighted by Crippen LogP contribution is -2.58. The monoisotopic (exact) mass is 401 g/mol. The second-order valence-electron chi connectivity index (χ2n) is 7.97. The van der Waals surface area contributed by atoms with Crippen LogP contribution < -0.4 is 10.1 Å². The summed E-state index contributed by atoms with van der Waals surface area (Å²) in [5.74, 6) is 0.766. The van der Waals surface area contributed by atoms with Gasteiger partial charge in [-0.25, -0.2) is 4.79 Å². The third-order valence-corrected chi connectivity index (χ3v) is 4.67. The Morgan fingerprint density at radius 2 is 2.00 bits per heavy atom. The molecule has 29 heavy (non-hydrogen) atoms. The van der Waals surface area contributed by atoms with Gasteiger partial charge in [0, 0.05) is 36.9 Å². The average Bonchev–Trinajstić information content (AvgIpc) is 2.67. The van der Waals surface area contributed by atoms with Crippen LogP contribution in [-0.4, -0.2) is 57.5 Å². The van der Waals surface area contributed by atoms with Gasteiger partial charge in [-0.15, -0.1) is 0 Å². The Bertz CT molecular complexity index is 777. The van der Waals surface area contributed by atoms with Gasteiger partial charge in [0.15, 0.2) is 0 Å². The molecular formula is C22H31N3O4. The first kappa shape index (κ1) is 22.6. The maximum atomic E-state index is 12.0. The molecule has 3 N–H and O–H groups in total. The predicted molar refractivity (Wildman–Crippen MR) is 112 cm³/mol. The fourth-order valence-electron chi connectivity index (χ4n) is 3.34. The van der Waals surface area contributed by atoms with E-state index in [9.17, 15) is 15.0 Å². The lowest BCUT2D eigenvalue weighted by atomic mass is 9.96. The van der Waals surface area contributed by atoms with Crippen LogP contribution in [0.1, 0.15) is 32.0 Å². The lowest BCUT2D eigenvalue weighted by Gasteiger charge is -2.41. The molecule has 0 aliphatic heterocycles. The molecule has 0 spiro atoms. The van der Waals surface area contributed by atoms with E-state index in [-0.39, 0.29) is 6.54 Å². The molecule has 0 unspecified atom stereocenters. The number of nitrogens with one attached hydrogen (secondary N) is 1. The maximum absolute atomic E-state index is 12.0. The van der Waals surface area contributed by atoms with E-state index in [2.05, 4.69) is 10.3 Å². The van der Waals surface area contributed by atoms with Crippen molar-refractivity contribution in [2.45, 2.75) is 51.4 Å². The van der Waals surface area contributed by atoms with Crippen molar-refractivity contribution in [2.75, 3.05) is 13.7 Å². The third kappa shape index (κ3) is 6.73. The van der Waals surface area contributed by atoms with Crippen molar-refractivity contribution in [1.29, 1.82) is 0 Å².